The van der Waals surface area contributed by atoms with Gasteiger partial charge in [0.2, 0.25) is 0 Å². The van der Waals surface area contributed by atoms with Crippen molar-refractivity contribution in [3.63, 3.8) is 0 Å². The summed E-state index contributed by atoms with van der Waals surface area (Å²) in [6.07, 6.45) is 3.92. The van der Waals surface area contributed by atoms with Crippen LogP contribution in [0.15, 0.2) is 22.7 Å². The molecule has 2 nitrogen and oxygen atoms in total. The third-order valence-electron chi connectivity index (χ3n) is 3.15. The van der Waals surface area contributed by atoms with E-state index in [4.69, 9.17) is 4.74 Å². The summed E-state index contributed by atoms with van der Waals surface area (Å²) in [7, 11) is 1.65. The highest BCUT2D eigenvalue weighted by molar-refractivity contribution is 9.10. The molecule has 2 rings (SSSR count). The molecule has 1 saturated heterocycles. The van der Waals surface area contributed by atoms with Gasteiger partial charge in [-0.25, -0.2) is 0 Å². The Morgan fingerprint density at radius 2 is 2.33 bits per heavy atom. The molecular formula is C14H17BrO2S. The second kappa shape index (κ2) is 6.62. The number of rotatable bonds is 4. The number of carbonyl (C=O) groups is 1. The lowest BCUT2D eigenvalue weighted by molar-refractivity contribution is -0.118. The molecule has 1 atom stereocenters. The fourth-order valence-corrected chi connectivity index (χ4v) is 3.85. The van der Waals surface area contributed by atoms with E-state index >= 15 is 0 Å². The first-order valence-electron chi connectivity index (χ1n) is 6.17. The average Bonchev–Trinajstić information content (AvgIpc) is 2.40. The average molecular weight is 329 g/mol. The van der Waals surface area contributed by atoms with E-state index in [-0.39, 0.29) is 5.25 Å². The molecule has 0 amide bonds. The zero-order valence-corrected chi connectivity index (χ0v) is 12.9. The van der Waals surface area contributed by atoms with E-state index in [9.17, 15) is 4.79 Å². The number of Topliss-reactive ketones (excluding diaryl/α,β-unsaturated/α-hetero) is 1. The molecule has 1 unspecified atom stereocenters. The molecule has 1 aromatic carbocycles. The molecule has 18 heavy (non-hydrogen) atoms. The van der Waals surface area contributed by atoms with Gasteiger partial charge in [-0.15, -0.1) is 0 Å². The van der Waals surface area contributed by atoms with Crippen LogP contribution >= 0.6 is 27.7 Å². The van der Waals surface area contributed by atoms with Crippen LogP contribution < -0.4 is 4.74 Å². The fraction of sp³-hybridized carbons (Fsp3) is 0.500. The number of hydrogen-bond donors (Lipinski definition) is 0. The molecule has 0 aromatic heterocycles. The van der Waals surface area contributed by atoms with Gasteiger partial charge in [0.15, 0.2) is 0 Å². The second-order valence-corrected chi connectivity index (χ2v) is 6.68. The number of benzene rings is 1. The molecular weight excluding hydrogens is 312 g/mol. The molecule has 1 fully saturated rings. The van der Waals surface area contributed by atoms with Crippen molar-refractivity contribution in [1.82, 2.24) is 0 Å². The number of thioether (sulfide) groups is 1. The molecule has 0 radical (unpaired) electrons. The van der Waals surface area contributed by atoms with E-state index < -0.39 is 0 Å². The molecule has 0 spiro atoms. The maximum absolute atomic E-state index is 12.3. The topological polar surface area (TPSA) is 26.3 Å². The summed E-state index contributed by atoms with van der Waals surface area (Å²) < 4.78 is 6.30. The van der Waals surface area contributed by atoms with Crippen molar-refractivity contribution in [1.29, 1.82) is 0 Å². The van der Waals surface area contributed by atoms with Crippen LogP contribution in [0.4, 0.5) is 0 Å². The zero-order valence-electron chi connectivity index (χ0n) is 10.4. The van der Waals surface area contributed by atoms with Crippen LogP contribution in [0.2, 0.25) is 0 Å². The molecule has 0 saturated carbocycles. The minimum absolute atomic E-state index is 0.183. The molecule has 4 heteroatoms. The molecule has 1 heterocycles. The van der Waals surface area contributed by atoms with Crippen molar-refractivity contribution in [3.05, 3.63) is 28.2 Å². The van der Waals surface area contributed by atoms with Crippen LogP contribution in [-0.2, 0) is 11.2 Å². The highest BCUT2D eigenvalue weighted by Crippen LogP contribution is 2.29. The molecule has 98 valence electrons. The highest BCUT2D eigenvalue weighted by atomic mass is 79.9. The Morgan fingerprint density at radius 3 is 3.00 bits per heavy atom. The first kappa shape index (κ1) is 13.9. The lowest BCUT2D eigenvalue weighted by Gasteiger charge is -2.20. The Balaban J connectivity index is 2.07. The van der Waals surface area contributed by atoms with Crippen molar-refractivity contribution >= 4 is 33.5 Å². The summed E-state index contributed by atoms with van der Waals surface area (Å²) in [5, 5.41) is 0.183. The first-order valence-corrected chi connectivity index (χ1v) is 8.01. The maximum atomic E-state index is 12.3. The predicted molar refractivity (Wildman–Crippen MR) is 79.5 cm³/mol. The van der Waals surface area contributed by atoms with Gasteiger partial charge in [0.1, 0.15) is 11.5 Å². The maximum Gasteiger partial charge on any atom is 0.150 e. The smallest absolute Gasteiger partial charge is 0.150 e. The summed E-state index contributed by atoms with van der Waals surface area (Å²) >= 11 is 5.25. The van der Waals surface area contributed by atoms with Crippen LogP contribution in [0.25, 0.3) is 0 Å². The first-order chi connectivity index (χ1) is 8.70. The normalized spacial score (nSPS) is 19.6. The Bertz CT molecular complexity index is 428. The SMILES string of the molecule is COc1ccc(Br)cc1CC(=O)C1CCCCS1. The number of carbonyl (C=O) groups excluding carboxylic acids is 1. The third-order valence-corrected chi connectivity index (χ3v) is 5.06. The van der Waals surface area contributed by atoms with E-state index in [0.29, 0.717) is 12.2 Å². The lowest BCUT2D eigenvalue weighted by Crippen LogP contribution is -2.22. The van der Waals surface area contributed by atoms with Gasteiger partial charge in [-0.05, 0) is 36.8 Å². The summed E-state index contributed by atoms with van der Waals surface area (Å²) in [4.78, 5) is 12.3. The van der Waals surface area contributed by atoms with Crippen molar-refractivity contribution in [3.8, 4) is 5.75 Å². The van der Waals surface area contributed by atoms with Crippen LogP contribution in [0.3, 0.4) is 0 Å². The quantitative estimate of drug-likeness (QED) is 0.839. The summed E-state index contributed by atoms with van der Waals surface area (Å²) in [6.45, 7) is 0. The largest absolute Gasteiger partial charge is 0.496 e. The van der Waals surface area contributed by atoms with Gasteiger partial charge in [-0.1, -0.05) is 22.4 Å². The summed E-state index contributed by atoms with van der Waals surface area (Å²) in [5.74, 6) is 2.25. The number of ether oxygens (including phenoxy) is 1. The van der Waals surface area contributed by atoms with Crippen LogP contribution in [0.1, 0.15) is 24.8 Å². The predicted octanol–water partition coefficient (Wildman–Crippen LogP) is 3.86. The van der Waals surface area contributed by atoms with E-state index in [1.165, 1.54) is 12.8 Å². The molecule has 0 bridgehead atoms. The van der Waals surface area contributed by atoms with E-state index in [1.54, 1.807) is 18.9 Å². The Morgan fingerprint density at radius 1 is 1.50 bits per heavy atom. The van der Waals surface area contributed by atoms with Gasteiger partial charge in [0.25, 0.3) is 0 Å². The summed E-state index contributed by atoms with van der Waals surface area (Å²) in [6, 6.07) is 5.81. The zero-order chi connectivity index (χ0) is 13.0. The molecule has 1 aliphatic heterocycles. The lowest BCUT2D eigenvalue weighted by atomic mass is 10.0. The Kier molecular flexibility index (Phi) is 5.13. The third kappa shape index (κ3) is 3.51. The van der Waals surface area contributed by atoms with Crippen LogP contribution in [0.5, 0.6) is 5.75 Å². The fourth-order valence-electron chi connectivity index (χ4n) is 2.18. The minimum Gasteiger partial charge on any atom is -0.496 e. The summed E-state index contributed by atoms with van der Waals surface area (Å²) in [5.41, 5.74) is 0.975. The van der Waals surface area contributed by atoms with E-state index in [0.717, 1.165) is 28.0 Å². The molecule has 1 aliphatic rings. The van der Waals surface area contributed by atoms with Crippen LogP contribution in [-0.4, -0.2) is 23.9 Å². The number of ketones is 1. The highest BCUT2D eigenvalue weighted by Gasteiger charge is 2.22. The van der Waals surface area contributed by atoms with Crippen LogP contribution in [0, 0.1) is 0 Å². The number of hydrogen-bond acceptors (Lipinski definition) is 3. The Hall–Kier alpha value is -0.480. The van der Waals surface area contributed by atoms with Crippen molar-refractivity contribution in [2.75, 3.05) is 12.9 Å². The Labute approximate surface area is 121 Å². The molecule has 0 aliphatic carbocycles. The van der Waals surface area contributed by atoms with Crippen molar-refractivity contribution in [2.45, 2.75) is 30.9 Å². The van der Waals surface area contributed by atoms with E-state index in [2.05, 4.69) is 15.9 Å². The number of halogens is 1. The van der Waals surface area contributed by atoms with E-state index in [1.807, 2.05) is 18.2 Å². The van der Waals surface area contributed by atoms with Gasteiger partial charge >= 0.3 is 0 Å². The van der Waals surface area contributed by atoms with Gasteiger partial charge < -0.3 is 4.74 Å². The number of methoxy groups -OCH3 is 1. The van der Waals surface area contributed by atoms with Gasteiger partial charge in [-0.3, -0.25) is 4.79 Å². The molecule has 1 aromatic rings. The van der Waals surface area contributed by atoms with Gasteiger partial charge in [0, 0.05) is 16.5 Å². The second-order valence-electron chi connectivity index (χ2n) is 4.45. The monoisotopic (exact) mass is 328 g/mol. The van der Waals surface area contributed by atoms with Gasteiger partial charge in [0.05, 0.1) is 12.4 Å². The van der Waals surface area contributed by atoms with Crippen molar-refractivity contribution in [2.24, 2.45) is 0 Å². The minimum atomic E-state index is 0.183. The van der Waals surface area contributed by atoms with Crippen molar-refractivity contribution < 1.29 is 9.53 Å². The standard InChI is InChI=1S/C14H17BrO2S/c1-17-13-6-5-11(15)8-10(13)9-12(16)14-4-2-3-7-18-14/h5-6,8,14H,2-4,7,9H2,1H3. The van der Waals surface area contributed by atoms with Gasteiger partial charge in [-0.2, -0.15) is 11.8 Å². The molecule has 0 N–H and O–H groups in total.